The van der Waals surface area contributed by atoms with Crippen LogP contribution in [0.4, 0.5) is 5.69 Å². The summed E-state index contributed by atoms with van der Waals surface area (Å²) in [5.74, 6) is -0.966. The zero-order chi connectivity index (χ0) is 14.7. The van der Waals surface area contributed by atoms with Crippen molar-refractivity contribution in [2.24, 2.45) is 0 Å². The number of nitrogens with one attached hydrogen (secondary N) is 1. The number of pyridine rings is 1. The first-order valence-electron chi connectivity index (χ1n) is 6.17. The molecule has 2 aromatic rings. The lowest BCUT2D eigenvalue weighted by atomic mass is 10.1. The van der Waals surface area contributed by atoms with E-state index in [1.54, 1.807) is 13.0 Å². The standard InChI is InChI=1S/C15H15BrN2O2/c1-9-6-13(14(15(19)20)10(2)18-9)17-8-11-4-3-5-12(16)7-11/h3-7H,8H2,1-2H3,(H,17,18)(H,19,20). The molecule has 0 amide bonds. The van der Waals surface area contributed by atoms with Gasteiger partial charge in [0.15, 0.2) is 0 Å². The number of anilines is 1. The molecule has 1 aromatic carbocycles. The quantitative estimate of drug-likeness (QED) is 0.893. The average Bonchev–Trinajstić information content (AvgIpc) is 2.35. The Balaban J connectivity index is 2.27. The first-order chi connectivity index (χ1) is 9.47. The van der Waals surface area contributed by atoms with Crippen LogP contribution in [0.1, 0.15) is 27.3 Å². The van der Waals surface area contributed by atoms with Crippen molar-refractivity contribution in [2.75, 3.05) is 5.32 Å². The average molecular weight is 335 g/mol. The highest BCUT2D eigenvalue weighted by Crippen LogP contribution is 2.21. The van der Waals surface area contributed by atoms with Crippen molar-refractivity contribution in [3.8, 4) is 0 Å². The van der Waals surface area contributed by atoms with Gasteiger partial charge in [-0.05, 0) is 37.6 Å². The molecule has 0 bridgehead atoms. The molecule has 0 radical (unpaired) electrons. The Hall–Kier alpha value is -1.88. The molecule has 5 heteroatoms. The van der Waals surface area contributed by atoms with Crippen molar-refractivity contribution in [3.05, 3.63) is 57.3 Å². The number of halogens is 1. The number of benzene rings is 1. The number of carboxylic acid groups (broad SMARTS) is 1. The third-order valence-electron chi connectivity index (χ3n) is 2.91. The van der Waals surface area contributed by atoms with E-state index in [0.717, 1.165) is 15.7 Å². The first-order valence-corrected chi connectivity index (χ1v) is 6.96. The van der Waals surface area contributed by atoms with Crippen molar-refractivity contribution < 1.29 is 9.90 Å². The Kier molecular flexibility index (Phi) is 4.39. The molecule has 1 aromatic heterocycles. The summed E-state index contributed by atoms with van der Waals surface area (Å²) in [5, 5.41) is 12.5. The van der Waals surface area contributed by atoms with Crippen LogP contribution in [0.15, 0.2) is 34.8 Å². The lowest BCUT2D eigenvalue weighted by Gasteiger charge is -2.12. The second-order valence-corrected chi connectivity index (χ2v) is 5.48. The fourth-order valence-corrected chi connectivity index (χ4v) is 2.53. The van der Waals surface area contributed by atoms with Crippen molar-refractivity contribution >= 4 is 27.6 Å². The summed E-state index contributed by atoms with van der Waals surface area (Å²) < 4.78 is 0.998. The van der Waals surface area contributed by atoms with E-state index in [9.17, 15) is 9.90 Å². The minimum Gasteiger partial charge on any atom is -0.478 e. The molecule has 0 fully saturated rings. The fraction of sp³-hybridized carbons (Fsp3) is 0.200. The number of aromatic nitrogens is 1. The van der Waals surface area contributed by atoms with E-state index in [-0.39, 0.29) is 5.56 Å². The smallest absolute Gasteiger partial charge is 0.339 e. The van der Waals surface area contributed by atoms with Gasteiger partial charge in [0.1, 0.15) is 5.56 Å². The van der Waals surface area contributed by atoms with Gasteiger partial charge in [-0.3, -0.25) is 4.98 Å². The number of carboxylic acids is 1. The summed E-state index contributed by atoms with van der Waals surface area (Å²) in [7, 11) is 0. The van der Waals surface area contributed by atoms with Crippen molar-refractivity contribution in [1.29, 1.82) is 0 Å². The maximum atomic E-state index is 11.3. The van der Waals surface area contributed by atoms with Crippen LogP contribution in [0, 0.1) is 13.8 Å². The molecule has 104 valence electrons. The second kappa shape index (κ2) is 6.05. The van der Waals surface area contributed by atoms with E-state index < -0.39 is 5.97 Å². The van der Waals surface area contributed by atoms with Gasteiger partial charge in [-0.25, -0.2) is 4.79 Å². The maximum absolute atomic E-state index is 11.3. The predicted molar refractivity (Wildman–Crippen MR) is 82.1 cm³/mol. The van der Waals surface area contributed by atoms with Crippen LogP contribution < -0.4 is 5.32 Å². The van der Waals surface area contributed by atoms with Gasteiger partial charge in [0.2, 0.25) is 0 Å². The lowest BCUT2D eigenvalue weighted by Crippen LogP contribution is -2.10. The third-order valence-corrected chi connectivity index (χ3v) is 3.41. The Morgan fingerprint density at radius 3 is 2.75 bits per heavy atom. The highest BCUT2D eigenvalue weighted by atomic mass is 79.9. The molecular formula is C15H15BrN2O2. The summed E-state index contributed by atoms with van der Waals surface area (Å²) in [6.45, 7) is 4.12. The highest BCUT2D eigenvalue weighted by molar-refractivity contribution is 9.10. The highest BCUT2D eigenvalue weighted by Gasteiger charge is 2.15. The molecule has 0 spiro atoms. The predicted octanol–water partition coefficient (Wildman–Crippen LogP) is 3.77. The van der Waals surface area contributed by atoms with E-state index in [2.05, 4.69) is 26.2 Å². The fourth-order valence-electron chi connectivity index (χ4n) is 2.08. The Bertz CT molecular complexity index is 656. The number of aromatic carboxylic acids is 1. The van der Waals surface area contributed by atoms with Crippen molar-refractivity contribution in [1.82, 2.24) is 4.98 Å². The molecule has 0 saturated carbocycles. The zero-order valence-electron chi connectivity index (χ0n) is 11.3. The zero-order valence-corrected chi connectivity index (χ0v) is 12.9. The van der Waals surface area contributed by atoms with Crippen LogP contribution in [0.2, 0.25) is 0 Å². The number of hydrogen-bond donors (Lipinski definition) is 2. The number of rotatable bonds is 4. The van der Waals surface area contributed by atoms with Gasteiger partial charge in [-0.15, -0.1) is 0 Å². The normalized spacial score (nSPS) is 10.3. The Morgan fingerprint density at radius 2 is 2.10 bits per heavy atom. The number of nitrogens with zero attached hydrogens (tertiary/aromatic N) is 1. The minimum atomic E-state index is -0.966. The van der Waals surface area contributed by atoms with Gasteiger partial charge in [0.25, 0.3) is 0 Å². The van der Waals surface area contributed by atoms with E-state index >= 15 is 0 Å². The van der Waals surface area contributed by atoms with Crippen LogP contribution in [-0.4, -0.2) is 16.1 Å². The monoisotopic (exact) mass is 334 g/mol. The molecule has 2 N–H and O–H groups in total. The van der Waals surface area contributed by atoms with E-state index in [1.165, 1.54) is 0 Å². The number of aryl methyl sites for hydroxylation is 2. The molecule has 2 rings (SSSR count). The molecule has 0 unspecified atom stereocenters. The molecule has 0 atom stereocenters. The van der Waals surface area contributed by atoms with Crippen LogP contribution in [0.3, 0.4) is 0 Å². The summed E-state index contributed by atoms with van der Waals surface area (Å²) in [6, 6.07) is 9.64. The lowest BCUT2D eigenvalue weighted by molar-refractivity contribution is 0.0696. The van der Waals surface area contributed by atoms with Crippen LogP contribution >= 0.6 is 15.9 Å². The molecule has 0 aliphatic heterocycles. The summed E-state index contributed by atoms with van der Waals surface area (Å²) >= 11 is 3.42. The van der Waals surface area contributed by atoms with Gasteiger partial charge in [-0.2, -0.15) is 0 Å². The third kappa shape index (κ3) is 3.36. The molecule has 0 aliphatic rings. The molecule has 4 nitrogen and oxygen atoms in total. The minimum absolute atomic E-state index is 0.227. The van der Waals surface area contributed by atoms with E-state index in [1.807, 2.05) is 31.2 Å². The van der Waals surface area contributed by atoms with E-state index in [4.69, 9.17) is 0 Å². The van der Waals surface area contributed by atoms with Crippen molar-refractivity contribution in [3.63, 3.8) is 0 Å². The van der Waals surface area contributed by atoms with Gasteiger partial charge >= 0.3 is 5.97 Å². The topological polar surface area (TPSA) is 62.2 Å². The van der Waals surface area contributed by atoms with Crippen LogP contribution in [-0.2, 0) is 6.54 Å². The SMILES string of the molecule is Cc1cc(NCc2cccc(Br)c2)c(C(=O)O)c(C)n1. The first kappa shape index (κ1) is 14.5. The Labute approximate surface area is 126 Å². The molecule has 0 saturated heterocycles. The molecule has 1 heterocycles. The number of carbonyl (C=O) groups is 1. The largest absolute Gasteiger partial charge is 0.478 e. The van der Waals surface area contributed by atoms with Gasteiger partial charge < -0.3 is 10.4 Å². The van der Waals surface area contributed by atoms with Crippen LogP contribution in [0.25, 0.3) is 0 Å². The van der Waals surface area contributed by atoms with Gasteiger partial charge in [-0.1, -0.05) is 28.1 Å². The Morgan fingerprint density at radius 1 is 1.35 bits per heavy atom. The maximum Gasteiger partial charge on any atom is 0.339 e. The second-order valence-electron chi connectivity index (χ2n) is 4.56. The summed E-state index contributed by atoms with van der Waals surface area (Å²) in [4.78, 5) is 15.5. The molecular weight excluding hydrogens is 320 g/mol. The summed E-state index contributed by atoms with van der Waals surface area (Å²) in [6.07, 6.45) is 0. The molecule has 20 heavy (non-hydrogen) atoms. The van der Waals surface area contributed by atoms with Crippen molar-refractivity contribution in [2.45, 2.75) is 20.4 Å². The molecule has 0 aliphatic carbocycles. The van der Waals surface area contributed by atoms with Gasteiger partial charge in [0.05, 0.1) is 11.4 Å². The summed E-state index contributed by atoms with van der Waals surface area (Å²) in [5.41, 5.74) is 3.22. The number of hydrogen-bond acceptors (Lipinski definition) is 3. The van der Waals surface area contributed by atoms with Gasteiger partial charge in [0, 0.05) is 16.7 Å². The van der Waals surface area contributed by atoms with Crippen LogP contribution in [0.5, 0.6) is 0 Å². The van der Waals surface area contributed by atoms with E-state index in [0.29, 0.717) is 17.9 Å².